The molecule has 1 N–H and O–H groups in total. The van der Waals surface area contributed by atoms with Crippen molar-refractivity contribution in [3.63, 3.8) is 0 Å². The maximum atomic E-state index is 11.9. The number of thiocarbonyl (C=S) groups is 1. The van der Waals surface area contributed by atoms with Gasteiger partial charge in [0.25, 0.3) is 0 Å². The molecule has 1 aliphatic heterocycles. The lowest BCUT2D eigenvalue weighted by Gasteiger charge is -2.20. The van der Waals surface area contributed by atoms with E-state index in [1.165, 1.54) is 14.1 Å². The molecule has 20 heavy (non-hydrogen) atoms. The standard InChI is InChI=1S/C13H19N3O2S2/c1-13(2)10-8-9(14-20(17,18)15(3)4)6-7-11(10)16(5)12(13)19/h6-8,14H,1-5H3. The van der Waals surface area contributed by atoms with Gasteiger partial charge < -0.3 is 4.90 Å². The molecule has 0 aromatic heterocycles. The van der Waals surface area contributed by atoms with Crippen molar-refractivity contribution < 1.29 is 8.42 Å². The minimum Gasteiger partial charge on any atom is -0.338 e. The summed E-state index contributed by atoms with van der Waals surface area (Å²) in [4.78, 5) is 2.80. The average molecular weight is 313 g/mol. The molecule has 110 valence electrons. The van der Waals surface area contributed by atoms with Gasteiger partial charge in [-0.1, -0.05) is 12.2 Å². The third-order valence-electron chi connectivity index (χ3n) is 3.60. The molecule has 0 bridgehead atoms. The Bertz CT molecular complexity index is 666. The molecule has 7 heteroatoms. The molecule has 0 aliphatic carbocycles. The Balaban J connectivity index is 2.45. The summed E-state index contributed by atoms with van der Waals surface area (Å²) < 4.78 is 27.4. The van der Waals surface area contributed by atoms with Crippen molar-refractivity contribution >= 4 is 38.8 Å². The van der Waals surface area contributed by atoms with E-state index in [1.807, 2.05) is 37.9 Å². The normalized spacial score (nSPS) is 17.5. The van der Waals surface area contributed by atoms with Crippen molar-refractivity contribution in [1.82, 2.24) is 4.31 Å². The molecular formula is C13H19N3O2S2. The monoisotopic (exact) mass is 313 g/mol. The minimum absolute atomic E-state index is 0.279. The number of anilines is 2. The second-order valence-corrected chi connectivity index (χ2v) is 7.88. The summed E-state index contributed by atoms with van der Waals surface area (Å²) in [6.45, 7) is 4.09. The van der Waals surface area contributed by atoms with Gasteiger partial charge >= 0.3 is 10.2 Å². The quantitative estimate of drug-likeness (QED) is 0.867. The number of hydrogen-bond donors (Lipinski definition) is 1. The number of rotatable bonds is 3. The Hall–Kier alpha value is -1.18. The number of hydrogen-bond acceptors (Lipinski definition) is 3. The number of likely N-dealkylation sites (N-methyl/N-ethyl adjacent to an activating group) is 1. The van der Waals surface area contributed by atoms with Crippen LogP contribution in [-0.2, 0) is 15.6 Å². The summed E-state index contributed by atoms with van der Waals surface area (Å²) in [6.07, 6.45) is 0. The highest BCUT2D eigenvalue weighted by atomic mass is 32.2. The fraction of sp³-hybridized carbons (Fsp3) is 0.462. The molecule has 1 aliphatic rings. The van der Waals surface area contributed by atoms with Gasteiger partial charge in [-0.2, -0.15) is 12.7 Å². The van der Waals surface area contributed by atoms with E-state index in [1.54, 1.807) is 6.07 Å². The second-order valence-electron chi connectivity index (χ2n) is 5.61. The highest BCUT2D eigenvalue weighted by Crippen LogP contribution is 2.42. The highest BCUT2D eigenvalue weighted by molar-refractivity contribution is 7.90. The topological polar surface area (TPSA) is 52.7 Å². The Morgan fingerprint density at radius 3 is 2.45 bits per heavy atom. The number of fused-ring (bicyclic) bond motifs is 1. The van der Waals surface area contributed by atoms with Crippen LogP contribution in [0.2, 0.25) is 0 Å². The van der Waals surface area contributed by atoms with Gasteiger partial charge in [0.05, 0.1) is 10.7 Å². The summed E-state index contributed by atoms with van der Waals surface area (Å²) in [5, 5.41) is 0. The largest absolute Gasteiger partial charge is 0.338 e. The van der Waals surface area contributed by atoms with Crippen LogP contribution in [0.25, 0.3) is 0 Å². The van der Waals surface area contributed by atoms with Crippen LogP contribution in [0.15, 0.2) is 18.2 Å². The van der Waals surface area contributed by atoms with Crippen LogP contribution in [-0.4, -0.2) is 38.9 Å². The van der Waals surface area contributed by atoms with E-state index in [0.29, 0.717) is 5.69 Å². The van der Waals surface area contributed by atoms with E-state index in [9.17, 15) is 8.42 Å². The summed E-state index contributed by atoms with van der Waals surface area (Å²) in [5.41, 5.74) is 2.32. The maximum Gasteiger partial charge on any atom is 0.301 e. The van der Waals surface area contributed by atoms with Gasteiger partial charge in [-0.15, -0.1) is 0 Å². The Morgan fingerprint density at radius 2 is 1.90 bits per heavy atom. The van der Waals surface area contributed by atoms with Crippen LogP contribution in [0.1, 0.15) is 19.4 Å². The molecule has 0 saturated carbocycles. The lowest BCUT2D eigenvalue weighted by Crippen LogP contribution is -2.31. The molecule has 2 rings (SSSR count). The minimum atomic E-state index is -3.50. The molecule has 0 fully saturated rings. The predicted molar refractivity (Wildman–Crippen MR) is 86.7 cm³/mol. The third kappa shape index (κ3) is 2.30. The van der Waals surface area contributed by atoms with Crippen molar-refractivity contribution in [3.05, 3.63) is 23.8 Å². The smallest absolute Gasteiger partial charge is 0.301 e. The van der Waals surface area contributed by atoms with Gasteiger partial charge in [-0.25, -0.2) is 0 Å². The number of nitrogens with one attached hydrogen (secondary N) is 1. The van der Waals surface area contributed by atoms with Crippen molar-refractivity contribution in [2.75, 3.05) is 30.8 Å². The first-order valence-corrected chi connectivity index (χ1v) is 8.05. The zero-order chi connectivity index (χ0) is 15.3. The van der Waals surface area contributed by atoms with Gasteiger partial charge in [-0.3, -0.25) is 4.72 Å². The van der Waals surface area contributed by atoms with Crippen LogP contribution in [0, 0.1) is 0 Å². The Kier molecular flexibility index (Phi) is 3.56. The fourth-order valence-corrected chi connectivity index (χ4v) is 3.09. The molecule has 0 spiro atoms. The Morgan fingerprint density at radius 1 is 1.30 bits per heavy atom. The molecule has 0 radical (unpaired) electrons. The lowest BCUT2D eigenvalue weighted by molar-refractivity contribution is 0.527. The maximum absolute atomic E-state index is 11.9. The van der Waals surface area contributed by atoms with Crippen LogP contribution in [0.3, 0.4) is 0 Å². The van der Waals surface area contributed by atoms with E-state index < -0.39 is 10.2 Å². The van der Waals surface area contributed by atoms with Gasteiger partial charge in [0, 0.05) is 32.2 Å². The molecule has 1 heterocycles. The molecule has 0 amide bonds. The van der Waals surface area contributed by atoms with Crippen molar-refractivity contribution in [2.45, 2.75) is 19.3 Å². The molecule has 0 unspecified atom stereocenters. The van der Waals surface area contributed by atoms with E-state index >= 15 is 0 Å². The van der Waals surface area contributed by atoms with Crippen molar-refractivity contribution in [2.24, 2.45) is 0 Å². The molecule has 0 saturated heterocycles. The zero-order valence-corrected chi connectivity index (χ0v) is 13.9. The zero-order valence-electron chi connectivity index (χ0n) is 12.3. The second kappa shape index (κ2) is 4.68. The van der Waals surface area contributed by atoms with Crippen LogP contribution < -0.4 is 9.62 Å². The van der Waals surface area contributed by atoms with Crippen LogP contribution >= 0.6 is 12.2 Å². The predicted octanol–water partition coefficient (Wildman–Crippen LogP) is 1.96. The summed E-state index contributed by atoms with van der Waals surface area (Å²) in [7, 11) is 1.41. The summed E-state index contributed by atoms with van der Waals surface area (Å²) in [6, 6.07) is 5.50. The van der Waals surface area contributed by atoms with Crippen molar-refractivity contribution in [1.29, 1.82) is 0 Å². The first-order valence-electron chi connectivity index (χ1n) is 6.20. The Labute approximate surface area is 125 Å². The first kappa shape index (κ1) is 15.2. The van der Waals surface area contributed by atoms with Crippen LogP contribution in [0.4, 0.5) is 11.4 Å². The van der Waals surface area contributed by atoms with Crippen molar-refractivity contribution in [3.8, 4) is 0 Å². The highest BCUT2D eigenvalue weighted by Gasteiger charge is 2.39. The fourth-order valence-electron chi connectivity index (χ4n) is 2.28. The molecule has 0 atom stereocenters. The molecule has 1 aromatic rings. The molecule has 1 aromatic carbocycles. The van der Waals surface area contributed by atoms with Crippen LogP contribution in [0.5, 0.6) is 0 Å². The third-order valence-corrected chi connectivity index (χ3v) is 5.84. The van der Waals surface area contributed by atoms with E-state index in [4.69, 9.17) is 12.2 Å². The number of nitrogens with zero attached hydrogens (tertiary/aromatic N) is 2. The van der Waals surface area contributed by atoms with E-state index in [2.05, 4.69) is 4.72 Å². The average Bonchev–Trinajstić information content (AvgIpc) is 2.51. The van der Waals surface area contributed by atoms with Gasteiger partial charge in [0.2, 0.25) is 0 Å². The van der Waals surface area contributed by atoms with Gasteiger partial charge in [0.15, 0.2) is 0 Å². The van der Waals surface area contributed by atoms with E-state index in [0.717, 1.165) is 20.5 Å². The number of benzene rings is 1. The molecule has 5 nitrogen and oxygen atoms in total. The summed E-state index contributed by atoms with van der Waals surface area (Å²) >= 11 is 5.46. The molecular weight excluding hydrogens is 294 g/mol. The van der Waals surface area contributed by atoms with Gasteiger partial charge in [-0.05, 0) is 37.6 Å². The summed E-state index contributed by atoms with van der Waals surface area (Å²) in [5.74, 6) is 0. The van der Waals surface area contributed by atoms with E-state index in [-0.39, 0.29) is 5.41 Å². The lowest BCUT2D eigenvalue weighted by atomic mass is 9.86. The van der Waals surface area contributed by atoms with Gasteiger partial charge in [0.1, 0.15) is 0 Å². The first-order chi connectivity index (χ1) is 9.07. The SMILES string of the molecule is CN1C(=S)C(C)(C)c2cc(NS(=O)(=O)N(C)C)ccc21.